The largest absolute Gasteiger partial charge is 0.414 e. The van der Waals surface area contributed by atoms with Crippen molar-refractivity contribution in [2.24, 2.45) is 0 Å². The molecule has 3 heterocycles. The minimum Gasteiger partial charge on any atom is -0.335 e. The Labute approximate surface area is 146 Å². The molecule has 0 aromatic carbocycles. The van der Waals surface area contributed by atoms with Gasteiger partial charge in [-0.15, -0.1) is 0 Å². The van der Waals surface area contributed by atoms with E-state index in [9.17, 15) is 18.0 Å². The standard InChI is InChI=1S/C17H14F3N5O/c18-17(19,20)14(12-3-1-2-6-21-12)24-16(26)10-7-13-15(22-8-10)25(9-23-13)11-4-5-11/h1-3,6-9,11,14H,4-5H2,(H,24,26). The summed E-state index contributed by atoms with van der Waals surface area (Å²) in [6.45, 7) is 0. The average Bonchev–Trinajstić information content (AvgIpc) is 3.38. The summed E-state index contributed by atoms with van der Waals surface area (Å²) in [6.07, 6.45) is 1.58. The van der Waals surface area contributed by atoms with E-state index in [1.807, 2.05) is 9.88 Å². The van der Waals surface area contributed by atoms with Gasteiger partial charge in [-0.25, -0.2) is 9.97 Å². The number of imidazole rings is 1. The first-order valence-corrected chi connectivity index (χ1v) is 8.04. The van der Waals surface area contributed by atoms with Crippen LogP contribution in [-0.2, 0) is 0 Å². The van der Waals surface area contributed by atoms with Crippen molar-refractivity contribution in [3.63, 3.8) is 0 Å². The van der Waals surface area contributed by atoms with Crippen LogP contribution in [0.25, 0.3) is 11.2 Å². The van der Waals surface area contributed by atoms with Crippen LogP contribution in [0.2, 0.25) is 0 Å². The second-order valence-electron chi connectivity index (χ2n) is 6.15. The van der Waals surface area contributed by atoms with Crippen molar-refractivity contribution < 1.29 is 18.0 Å². The fraction of sp³-hybridized carbons (Fsp3) is 0.294. The van der Waals surface area contributed by atoms with Crippen LogP contribution in [0.15, 0.2) is 43.0 Å². The van der Waals surface area contributed by atoms with Gasteiger partial charge in [0.15, 0.2) is 11.7 Å². The van der Waals surface area contributed by atoms with E-state index in [-0.39, 0.29) is 11.3 Å². The molecule has 0 saturated heterocycles. The zero-order valence-electron chi connectivity index (χ0n) is 13.4. The van der Waals surface area contributed by atoms with Gasteiger partial charge in [0.2, 0.25) is 0 Å². The third-order valence-electron chi connectivity index (χ3n) is 4.20. The Balaban J connectivity index is 1.61. The fourth-order valence-electron chi connectivity index (χ4n) is 2.75. The number of nitrogens with zero attached hydrogens (tertiary/aromatic N) is 4. The van der Waals surface area contributed by atoms with Crippen LogP contribution >= 0.6 is 0 Å². The number of nitrogens with one attached hydrogen (secondary N) is 1. The van der Waals surface area contributed by atoms with Gasteiger partial charge >= 0.3 is 6.18 Å². The molecule has 1 unspecified atom stereocenters. The van der Waals surface area contributed by atoms with Crippen LogP contribution in [0.3, 0.4) is 0 Å². The van der Waals surface area contributed by atoms with Gasteiger partial charge in [-0.2, -0.15) is 13.2 Å². The summed E-state index contributed by atoms with van der Waals surface area (Å²) in [4.78, 5) is 24.5. The Hall–Kier alpha value is -2.97. The molecule has 1 aliphatic rings. The van der Waals surface area contributed by atoms with Gasteiger partial charge in [-0.05, 0) is 31.0 Å². The quantitative estimate of drug-likeness (QED) is 0.775. The summed E-state index contributed by atoms with van der Waals surface area (Å²) in [7, 11) is 0. The van der Waals surface area contributed by atoms with Gasteiger partial charge in [0.05, 0.1) is 17.6 Å². The van der Waals surface area contributed by atoms with Crippen LogP contribution in [0.4, 0.5) is 13.2 Å². The van der Waals surface area contributed by atoms with E-state index in [1.165, 1.54) is 36.7 Å². The molecule has 9 heteroatoms. The van der Waals surface area contributed by atoms with Crippen molar-refractivity contribution >= 4 is 17.1 Å². The monoisotopic (exact) mass is 361 g/mol. The molecule has 0 spiro atoms. The predicted octanol–water partition coefficient (Wildman–Crippen LogP) is 3.19. The van der Waals surface area contributed by atoms with Crippen LogP contribution in [0, 0.1) is 0 Å². The van der Waals surface area contributed by atoms with Crippen LogP contribution in [-0.4, -0.2) is 31.6 Å². The highest BCUT2D eigenvalue weighted by Crippen LogP contribution is 2.36. The molecule has 1 fully saturated rings. The summed E-state index contributed by atoms with van der Waals surface area (Å²) in [5.74, 6) is -0.881. The maximum atomic E-state index is 13.3. The summed E-state index contributed by atoms with van der Waals surface area (Å²) in [6, 6.07) is 3.78. The number of hydrogen-bond donors (Lipinski definition) is 1. The third-order valence-corrected chi connectivity index (χ3v) is 4.20. The summed E-state index contributed by atoms with van der Waals surface area (Å²) >= 11 is 0. The van der Waals surface area contributed by atoms with Gasteiger partial charge in [0, 0.05) is 18.4 Å². The zero-order valence-corrected chi connectivity index (χ0v) is 13.4. The molecular formula is C17H14F3N5O. The van der Waals surface area contributed by atoms with Gasteiger partial charge in [-0.3, -0.25) is 9.78 Å². The van der Waals surface area contributed by atoms with Crippen molar-refractivity contribution in [2.45, 2.75) is 31.1 Å². The molecule has 1 atom stereocenters. The number of hydrogen-bond acceptors (Lipinski definition) is 4. The van der Waals surface area contributed by atoms with E-state index in [4.69, 9.17) is 0 Å². The van der Waals surface area contributed by atoms with Crippen molar-refractivity contribution in [1.82, 2.24) is 24.8 Å². The summed E-state index contributed by atoms with van der Waals surface area (Å²) < 4.78 is 42.0. The fourth-order valence-corrected chi connectivity index (χ4v) is 2.75. The Kier molecular flexibility index (Phi) is 3.86. The van der Waals surface area contributed by atoms with Crippen molar-refractivity contribution in [1.29, 1.82) is 0 Å². The van der Waals surface area contributed by atoms with Crippen LogP contribution in [0.5, 0.6) is 0 Å². The van der Waals surface area contributed by atoms with Gasteiger partial charge in [0.25, 0.3) is 5.91 Å². The molecule has 4 rings (SSSR count). The lowest BCUT2D eigenvalue weighted by Crippen LogP contribution is -2.38. The Morgan fingerprint density at radius 1 is 1.23 bits per heavy atom. The van der Waals surface area contributed by atoms with E-state index in [2.05, 4.69) is 15.0 Å². The van der Waals surface area contributed by atoms with E-state index in [0.717, 1.165) is 12.8 Å². The Bertz CT molecular complexity index is 950. The minimum atomic E-state index is -4.67. The number of amides is 1. The zero-order chi connectivity index (χ0) is 18.3. The number of carbonyl (C=O) groups is 1. The summed E-state index contributed by atoms with van der Waals surface area (Å²) in [5, 5.41) is 2.00. The topological polar surface area (TPSA) is 72.7 Å². The Morgan fingerprint density at radius 3 is 2.69 bits per heavy atom. The van der Waals surface area contributed by atoms with Gasteiger partial charge in [0.1, 0.15) is 5.52 Å². The van der Waals surface area contributed by atoms with E-state index < -0.39 is 18.1 Å². The van der Waals surface area contributed by atoms with Crippen LogP contribution < -0.4 is 5.32 Å². The lowest BCUT2D eigenvalue weighted by molar-refractivity contribution is -0.156. The third kappa shape index (κ3) is 3.12. The highest BCUT2D eigenvalue weighted by atomic mass is 19.4. The average molecular weight is 361 g/mol. The molecule has 6 nitrogen and oxygen atoms in total. The second kappa shape index (κ2) is 6.08. The molecular weight excluding hydrogens is 347 g/mol. The molecule has 1 aliphatic carbocycles. The normalized spacial score (nSPS) is 15.8. The molecule has 1 N–H and O–H groups in total. The maximum absolute atomic E-state index is 13.3. The molecule has 134 valence electrons. The number of rotatable bonds is 4. The molecule has 1 amide bonds. The highest BCUT2D eigenvalue weighted by Gasteiger charge is 2.43. The number of fused-ring (bicyclic) bond motifs is 1. The highest BCUT2D eigenvalue weighted by molar-refractivity contribution is 5.96. The lowest BCUT2D eigenvalue weighted by atomic mass is 10.1. The van der Waals surface area contributed by atoms with Crippen molar-refractivity contribution in [2.75, 3.05) is 0 Å². The molecule has 3 aromatic heterocycles. The van der Waals surface area contributed by atoms with Gasteiger partial charge in [-0.1, -0.05) is 6.07 Å². The minimum absolute atomic E-state index is 0.0173. The smallest absolute Gasteiger partial charge is 0.335 e. The SMILES string of the molecule is O=C(NC(c1ccccn1)C(F)(F)F)c1cnc2c(c1)ncn2C1CC1. The van der Waals surface area contributed by atoms with E-state index >= 15 is 0 Å². The first-order valence-electron chi connectivity index (χ1n) is 8.04. The van der Waals surface area contributed by atoms with Crippen LogP contribution in [0.1, 0.15) is 41.0 Å². The molecule has 1 saturated carbocycles. The number of aromatic nitrogens is 4. The second-order valence-corrected chi connectivity index (χ2v) is 6.15. The van der Waals surface area contributed by atoms with E-state index in [0.29, 0.717) is 17.2 Å². The van der Waals surface area contributed by atoms with E-state index in [1.54, 1.807) is 6.33 Å². The number of halogens is 3. The lowest BCUT2D eigenvalue weighted by Gasteiger charge is -2.21. The molecule has 0 radical (unpaired) electrons. The predicted molar refractivity (Wildman–Crippen MR) is 86.3 cm³/mol. The number of alkyl halides is 3. The van der Waals surface area contributed by atoms with Gasteiger partial charge < -0.3 is 9.88 Å². The molecule has 3 aromatic rings. The number of carbonyl (C=O) groups excluding carboxylic acids is 1. The first-order chi connectivity index (χ1) is 12.4. The Morgan fingerprint density at radius 2 is 2.04 bits per heavy atom. The van der Waals surface area contributed by atoms with Crippen molar-refractivity contribution in [3.8, 4) is 0 Å². The summed E-state index contributed by atoms with van der Waals surface area (Å²) in [5.41, 5.74) is 0.844. The number of pyridine rings is 2. The molecule has 26 heavy (non-hydrogen) atoms. The maximum Gasteiger partial charge on any atom is 0.414 e. The molecule has 0 bridgehead atoms. The molecule has 0 aliphatic heterocycles. The first kappa shape index (κ1) is 16.5. The van der Waals surface area contributed by atoms with Crippen molar-refractivity contribution in [3.05, 3.63) is 54.2 Å².